The molecule has 0 aliphatic heterocycles. The van der Waals surface area contributed by atoms with Gasteiger partial charge in [0.2, 0.25) is 5.91 Å². The average Bonchev–Trinajstić information content (AvgIpc) is 2.73. The summed E-state index contributed by atoms with van der Waals surface area (Å²) in [6.45, 7) is 4.32. The number of sulfone groups is 1. The van der Waals surface area contributed by atoms with Crippen molar-refractivity contribution in [3.05, 3.63) is 69.4 Å². The van der Waals surface area contributed by atoms with Crippen LogP contribution in [0.1, 0.15) is 16.8 Å². The highest BCUT2D eigenvalue weighted by atomic mass is 32.2. The second-order valence-corrected chi connectivity index (χ2v) is 9.50. The summed E-state index contributed by atoms with van der Waals surface area (Å²) in [5.74, 6) is -0.183. The first-order valence-electron chi connectivity index (χ1n) is 9.92. The van der Waals surface area contributed by atoms with Crippen molar-refractivity contribution in [2.75, 3.05) is 24.7 Å². The molecule has 0 radical (unpaired) electrons. The molecular formula is C22H24N4O5S. The molecule has 1 heterocycles. The van der Waals surface area contributed by atoms with Crippen molar-refractivity contribution in [2.24, 2.45) is 0 Å². The molecule has 168 valence electrons. The third kappa shape index (κ3) is 5.20. The van der Waals surface area contributed by atoms with Gasteiger partial charge in [-0.15, -0.1) is 0 Å². The van der Waals surface area contributed by atoms with E-state index in [0.717, 1.165) is 40.0 Å². The van der Waals surface area contributed by atoms with Gasteiger partial charge >= 0.3 is 0 Å². The molecule has 0 spiro atoms. The van der Waals surface area contributed by atoms with Gasteiger partial charge in [-0.05, 0) is 43.2 Å². The van der Waals surface area contributed by atoms with Crippen LogP contribution in [0.25, 0.3) is 10.9 Å². The van der Waals surface area contributed by atoms with E-state index < -0.39 is 14.8 Å². The summed E-state index contributed by atoms with van der Waals surface area (Å²) in [7, 11) is -3.56. The highest BCUT2D eigenvalue weighted by molar-refractivity contribution is 7.90. The fourth-order valence-corrected chi connectivity index (χ4v) is 4.14. The minimum Gasteiger partial charge on any atom is -0.378 e. The lowest BCUT2D eigenvalue weighted by Crippen LogP contribution is -2.30. The average molecular weight is 457 g/mol. The number of nitro benzene ring substituents is 1. The first-order chi connectivity index (χ1) is 15.1. The van der Waals surface area contributed by atoms with Crippen LogP contribution in [0.5, 0.6) is 0 Å². The van der Waals surface area contributed by atoms with Crippen molar-refractivity contribution >= 4 is 38.0 Å². The van der Waals surface area contributed by atoms with Gasteiger partial charge in [0.15, 0.2) is 9.84 Å². The van der Waals surface area contributed by atoms with E-state index in [0.29, 0.717) is 0 Å². The number of anilines is 1. The first kappa shape index (κ1) is 23.1. The van der Waals surface area contributed by atoms with Crippen LogP contribution in [-0.4, -0.2) is 43.6 Å². The number of carbonyl (C=O) groups excluding carboxylic acids is 1. The number of hydrogen-bond acceptors (Lipinski definition) is 7. The number of aromatic nitrogens is 1. The molecule has 1 aromatic heterocycles. The molecule has 3 rings (SSSR count). The van der Waals surface area contributed by atoms with Crippen molar-refractivity contribution < 1.29 is 18.1 Å². The Morgan fingerprint density at radius 2 is 1.84 bits per heavy atom. The van der Waals surface area contributed by atoms with Gasteiger partial charge < -0.3 is 10.6 Å². The number of hydrogen-bond donors (Lipinski definition) is 2. The third-order valence-corrected chi connectivity index (χ3v) is 6.29. The van der Waals surface area contributed by atoms with E-state index in [1.54, 1.807) is 0 Å². The quantitative estimate of drug-likeness (QED) is 0.303. The molecule has 0 saturated heterocycles. The van der Waals surface area contributed by atoms with E-state index in [4.69, 9.17) is 0 Å². The number of aryl methyl sites for hydroxylation is 2. The minimum absolute atomic E-state index is 0.127. The van der Waals surface area contributed by atoms with Crippen LogP contribution >= 0.6 is 0 Å². The monoisotopic (exact) mass is 456 g/mol. The molecule has 0 unspecified atom stereocenters. The van der Waals surface area contributed by atoms with E-state index >= 15 is 0 Å². The van der Waals surface area contributed by atoms with E-state index in [2.05, 4.69) is 15.6 Å². The van der Waals surface area contributed by atoms with Gasteiger partial charge in [-0.1, -0.05) is 18.2 Å². The number of nitrogens with zero attached hydrogens (tertiary/aromatic N) is 2. The maximum Gasteiger partial charge on any atom is 0.293 e. The first-order valence-corrected chi connectivity index (χ1v) is 11.8. The van der Waals surface area contributed by atoms with Crippen molar-refractivity contribution in [2.45, 2.75) is 25.2 Å². The van der Waals surface area contributed by atoms with Crippen molar-refractivity contribution in [3.8, 4) is 0 Å². The molecule has 32 heavy (non-hydrogen) atoms. The number of para-hydroxylation sites is 1. The summed E-state index contributed by atoms with van der Waals surface area (Å²) in [4.78, 5) is 27.6. The van der Waals surface area contributed by atoms with Crippen LogP contribution in [0.4, 0.5) is 11.4 Å². The number of carbonyl (C=O) groups is 1. The van der Waals surface area contributed by atoms with Gasteiger partial charge in [0.1, 0.15) is 5.69 Å². The Kier molecular flexibility index (Phi) is 6.73. The van der Waals surface area contributed by atoms with Gasteiger partial charge in [0.05, 0.1) is 21.8 Å². The van der Waals surface area contributed by atoms with Crippen molar-refractivity contribution in [1.29, 1.82) is 0 Å². The molecule has 2 aromatic carbocycles. The summed E-state index contributed by atoms with van der Waals surface area (Å²) in [6, 6.07) is 11.5. The highest BCUT2D eigenvalue weighted by Gasteiger charge is 2.18. The summed E-state index contributed by atoms with van der Waals surface area (Å²) < 4.78 is 23.3. The topological polar surface area (TPSA) is 131 Å². The third-order valence-electron chi connectivity index (χ3n) is 5.18. The van der Waals surface area contributed by atoms with Crippen LogP contribution in [0.2, 0.25) is 0 Å². The maximum atomic E-state index is 12.5. The van der Waals surface area contributed by atoms with Gasteiger partial charge in [0.25, 0.3) is 5.69 Å². The fraction of sp³-hybridized carbons (Fsp3) is 0.273. The lowest BCUT2D eigenvalue weighted by Gasteiger charge is -2.13. The summed E-state index contributed by atoms with van der Waals surface area (Å²) in [5.41, 5.74) is 3.43. The van der Waals surface area contributed by atoms with Crippen LogP contribution in [0.15, 0.2) is 47.4 Å². The number of nitro groups is 1. The van der Waals surface area contributed by atoms with E-state index in [1.165, 1.54) is 12.1 Å². The molecule has 0 bridgehead atoms. The van der Waals surface area contributed by atoms with Crippen molar-refractivity contribution in [3.63, 3.8) is 0 Å². The van der Waals surface area contributed by atoms with Gasteiger partial charge in [-0.2, -0.15) is 0 Å². The largest absolute Gasteiger partial charge is 0.378 e. The van der Waals surface area contributed by atoms with Crippen LogP contribution in [0.3, 0.4) is 0 Å². The van der Waals surface area contributed by atoms with Gasteiger partial charge in [-0.25, -0.2) is 8.42 Å². The Morgan fingerprint density at radius 3 is 2.53 bits per heavy atom. The Bertz CT molecular complexity index is 1310. The summed E-state index contributed by atoms with van der Waals surface area (Å²) in [5, 5.41) is 18.0. The number of rotatable bonds is 8. The molecule has 3 aromatic rings. The molecule has 1 amide bonds. The second kappa shape index (κ2) is 9.31. The Morgan fingerprint density at radius 1 is 1.12 bits per heavy atom. The second-order valence-electron chi connectivity index (χ2n) is 7.48. The maximum absolute atomic E-state index is 12.5. The molecule has 0 atom stereocenters. The molecule has 10 heteroatoms. The number of pyridine rings is 1. The molecule has 0 fully saturated rings. The molecule has 2 N–H and O–H groups in total. The lowest BCUT2D eigenvalue weighted by molar-refractivity contribution is -0.384. The van der Waals surface area contributed by atoms with Gasteiger partial charge in [0, 0.05) is 36.5 Å². The predicted octanol–water partition coefficient (Wildman–Crippen LogP) is 2.93. The number of amides is 1. The number of fused-ring (bicyclic) bond motifs is 1. The standard InChI is InChI=1S/C22H24N4O5S/c1-14-17-6-4-5-7-19(17)25-15(2)18(14)13-22(27)24-11-10-23-20-9-8-16(32(3,30)31)12-21(20)26(28)29/h4-9,12,23H,10-11,13H2,1-3H3,(H,24,27). The highest BCUT2D eigenvalue weighted by Crippen LogP contribution is 2.27. The normalized spacial score (nSPS) is 11.3. The van der Waals surface area contributed by atoms with Gasteiger partial charge in [-0.3, -0.25) is 19.9 Å². The number of benzene rings is 2. The zero-order valence-corrected chi connectivity index (χ0v) is 18.8. The Hall–Kier alpha value is -3.53. The van der Waals surface area contributed by atoms with Crippen molar-refractivity contribution in [1.82, 2.24) is 10.3 Å². The molecule has 9 nitrogen and oxygen atoms in total. The molecule has 0 saturated carbocycles. The zero-order chi connectivity index (χ0) is 23.5. The Labute approximate surface area is 185 Å². The summed E-state index contributed by atoms with van der Waals surface area (Å²) >= 11 is 0. The van der Waals surface area contributed by atoms with E-state index in [1.807, 2.05) is 38.1 Å². The molecular weight excluding hydrogens is 432 g/mol. The van der Waals surface area contributed by atoms with E-state index in [-0.39, 0.29) is 41.7 Å². The van der Waals surface area contributed by atoms with E-state index in [9.17, 15) is 23.3 Å². The zero-order valence-electron chi connectivity index (χ0n) is 18.0. The Balaban J connectivity index is 1.62. The molecule has 0 aliphatic rings. The minimum atomic E-state index is -3.56. The fourth-order valence-electron chi connectivity index (χ4n) is 3.50. The summed E-state index contributed by atoms with van der Waals surface area (Å²) in [6.07, 6.45) is 1.17. The smallest absolute Gasteiger partial charge is 0.293 e. The van der Waals surface area contributed by atoms with Crippen LogP contribution < -0.4 is 10.6 Å². The van der Waals surface area contributed by atoms with Crippen LogP contribution in [-0.2, 0) is 21.1 Å². The SMILES string of the molecule is Cc1nc2ccccc2c(C)c1CC(=O)NCCNc1ccc(S(C)(=O)=O)cc1[N+](=O)[O-]. The predicted molar refractivity (Wildman–Crippen MR) is 123 cm³/mol. The lowest BCUT2D eigenvalue weighted by atomic mass is 9.99. The number of nitrogens with one attached hydrogen (secondary N) is 2. The molecule has 0 aliphatic carbocycles. The van der Waals surface area contributed by atoms with Crippen LogP contribution in [0, 0.1) is 24.0 Å².